The summed E-state index contributed by atoms with van der Waals surface area (Å²) in [5.41, 5.74) is 1.97. The molecule has 0 unspecified atom stereocenters. The molecule has 3 heterocycles. The quantitative estimate of drug-likeness (QED) is 0.851. The van der Waals surface area contributed by atoms with Gasteiger partial charge in [-0.05, 0) is 38.2 Å². The van der Waals surface area contributed by atoms with E-state index in [1.807, 2.05) is 31.2 Å². The van der Waals surface area contributed by atoms with Crippen LogP contribution in [0, 0.1) is 24.2 Å². The van der Waals surface area contributed by atoms with E-state index in [1.165, 1.54) is 5.56 Å². The molecule has 1 aromatic carbocycles. The van der Waals surface area contributed by atoms with Gasteiger partial charge in [-0.3, -0.25) is 9.59 Å². The van der Waals surface area contributed by atoms with Gasteiger partial charge >= 0.3 is 0 Å². The molecule has 4 atom stereocenters. The van der Waals surface area contributed by atoms with Gasteiger partial charge in [0.1, 0.15) is 0 Å². The Kier molecular flexibility index (Phi) is 4.10. The van der Waals surface area contributed by atoms with Crippen LogP contribution in [0.3, 0.4) is 0 Å². The Morgan fingerprint density at radius 1 is 1.21 bits per heavy atom. The van der Waals surface area contributed by atoms with Crippen LogP contribution in [0.4, 0.5) is 0 Å². The molecule has 5 rings (SSSR count). The predicted octanol–water partition coefficient (Wildman–Crippen LogP) is 2.46. The van der Waals surface area contributed by atoms with E-state index in [-0.39, 0.29) is 23.0 Å². The number of rotatable bonds is 5. The van der Waals surface area contributed by atoms with Crippen LogP contribution in [0.2, 0.25) is 0 Å². The van der Waals surface area contributed by atoms with E-state index in [9.17, 15) is 9.59 Å². The second-order valence-corrected chi connectivity index (χ2v) is 9.74. The summed E-state index contributed by atoms with van der Waals surface area (Å²) in [5.74, 6) is 1.06. The van der Waals surface area contributed by atoms with E-state index in [2.05, 4.69) is 17.1 Å². The summed E-state index contributed by atoms with van der Waals surface area (Å²) in [7, 11) is 0. The highest BCUT2D eigenvalue weighted by atomic mass is 16.5. The number of aryl methyl sites for hydroxylation is 1. The minimum Gasteiger partial charge on any atom is -0.369 e. The Morgan fingerprint density at radius 3 is 2.68 bits per heavy atom. The summed E-state index contributed by atoms with van der Waals surface area (Å²) in [4.78, 5) is 27.3. The number of fused-ring (bicyclic) bond motifs is 1. The van der Waals surface area contributed by atoms with Gasteiger partial charge in [0, 0.05) is 30.3 Å². The van der Waals surface area contributed by atoms with E-state index in [0.717, 1.165) is 44.3 Å². The molecular weight excluding hydrogens is 352 g/mol. The van der Waals surface area contributed by atoms with Crippen LogP contribution in [0.5, 0.6) is 0 Å². The van der Waals surface area contributed by atoms with Gasteiger partial charge in [-0.15, -0.1) is 0 Å². The molecule has 150 valence electrons. The molecule has 5 nitrogen and oxygen atoms in total. The van der Waals surface area contributed by atoms with E-state index >= 15 is 0 Å². The molecular formula is C23H30N2O3. The maximum absolute atomic E-state index is 12.8. The molecule has 28 heavy (non-hydrogen) atoms. The lowest BCUT2D eigenvalue weighted by Crippen LogP contribution is -2.42. The summed E-state index contributed by atoms with van der Waals surface area (Å²) >= 11 is 0. The van der Waals surface area contributed by atoms with Crippen LogP contribution in [0.1, 0.15) is 43.7 Å². The second kappa shape index (κ2) is 6.31. The summed E-state index contributed by atoms with van der Waals surface area (Å²) in [6, 6.07) is 8.12. The number of nitrogens with zero attached hydrogens (tertiary/aromatic N) is 1. The molecule has 3 saturated heterocycles. The van der Waals surface area contributed by atoms with Gasteiger partial charge < -0.3 is 15.0 Å². The van der Waals surface area contributed by atoms with Crippen molar-refractivity contribution in [1.29, 1.82) is 0 Å². The number of carbonyl (C=O) groups excluding carboxylic acids is 2. The lowest BCUT2D eigenvalue weighted by atomic mass is 9.73. The lowest BCUT2D eigenvalue weighted by Gasteiger charge is -2.29. The van der Waals surface area contributed by atoms with Gasteiger partial charge in [-0.1, -0.05) is 36.8 Å². The summed E-state index contributed by atoms with van der Waals surface area (Å²) < 4.78 is 6.43. The number of carbonyl (C=O) groups is 2. The fourth-order valence-electron chi connectivity index (χ4n) is 5.59. The molecule has 3 aliphatic heterocycles. The topological polar surface area (TPSA) is 58.6 Å². The molecule has 2 bridgehead atoms. The number of likely N-dealkylation sites (tertiary alicyclic amines) is 1. The Hall–Kier alpha value is -1.88. The zero-order valence-electron chi connectivity index (χ0n) is 16.9. The highest BCUT2D eigenvalue weighted by molar-refractivity contribution is 5.85. The van der Waals surface area contributed by atoms with E-state index in [4.69, 9.17) is 4.74 Å². The van der Waals surface area contributed by atoms with Crippen LogP contribution < -0.4 is 5.32 Å². The normalized spacial score (nSPS) is 34.4. The monoisotopic (exact) mass is 382 g/mol. The standard InChI is InChI=1S/C23H30N2O3/c1-15-3-5-16(6-4-15)11-20(26)24-12-17-18-13-25(21(27)22(2)9-10-22)14-23(18)8-7-19(17)28-23/h3-6,17-19H,7-14H2,1-2H3,(H,24,26)/t17-,18+,19+,23+/m0/s1. The molecule has 1 saturated carbocycles. The number of amides is 2. The highest BCUT2D eigenvalue weighted by Gasteiger charge is 2.64. The third-order valence-electron chi connectivity index (χ3n) is 7.61. The minimum absolute atomic E-state index is 0.0668. The second-order valence-electron chi connectivity index (χ2n) is 9.74. The van der Waals surface area contributed by atoms with Gasteiger partial charge in [0.15, 0.2) is 0 Å². The van der Waals surface area contributed by atoms with E-state index < -0.39 is 0 Å². The first-order chi connectivity index (χ1) is 13.4. The zero-order chi connectivity index (χ0) is 19.5. The molecule has 5 heteroatoms. The number of nitrogens with one attached hydrogen (secondary N) is 1. The van der Waals surface area contributed by atoms with Crippen LogP contribution in [-0.4, -0.2) is 48.1 Å². The average Bonchev–Trinajstić information content (AvgIpc) is 3.04. The summed E-state index contributed by atoms with van der Waals surface area (Å²) in [5, 5.41) is 3.15. The van der Waals surface area contributed by atoms with Crippen molar-refractivity contribution in [3.8, 4) is 0 Å². The maximum atomic E-state index is 12.8. The van der Waals surface area contributed by atoms with Crippen molar-refractivity contribution in [3.05, 3.63) is 35.4 Å². The van der Waals surface area contributed by atoms with Gasteiger partial charge in [-0.25, -0.2) is 0 Å². The molecule has 2 amide bonds. The highest BCUT2D eigenvalue weighted by Crippen LogP contribution is 2.56. The van der Waals surface area contributed by atoms with Gasteiger partial charge in [-0.2, -0.15) is 0 Å². The van der Waals surface area contributed by atoms with Crippen LogP contribution in [-0.2, 0) is 20.7 Å². The van der Waals surface area contributed by atoms with Crippen molar-refractivity contribution >= 4 is 11.8 Å². The molecule has 1 N–H and O–H groups in total. The Balaban J connectivity index is 1.21. The van der Waals surface area contributed by atoms with E-state index in [0.29, 0.717) is 30.7 Å². The lowest BCUT2D eigenvalue weighted by molar-refractivity contribution is -0.137. The fraction of sp³-hybridized carbons (Fsp3) is 0.652. The first-order valence-electron chi connectivity index (χ1n) is 10.7. The smallest absolute Gasteiger partial charge is 0.228 e. The van der Waals surface area contributed by atoms with Crippen molar-refractivity contribution in [3.63, 3.8) is 0 Å². The van der Waals surface area contributed by atoms with Crippen LogP contribution in [0.15, 0.2) is 24.3 Å². The first kappa shape index (κ1) is 18.2. The van der Waals surface area contributed by atoms with Crippen molar-refractivity contribution in [2.45, 2.75) is 57.7 Å². The molecule has 0 aromatic heterocycles. The van der Waals surface area contributed by atoms with Crippen molar-refractivity contribution in [1.82, 2.24) is 10.2 Å². The van der Waals surface area contributed by atoms with Gasteiger partial charge in [0.05, 0.1) is 24.7 Å². The molecule has 4 fully saturated rings. The third-order valence-corrected chi connectivity index (χ3v) is 7.61. The molecule has 1 aromatic rings. The molecule has 1 aliphatic carbocycles. The summed E-state index contributed by atoms with van der Waals surface area (Å²) in [6.07, 6.45) is 4.78. The number of ether oxygens (including phenoxy) is 1. The zero-order valence-corrected chi connectivity index (χ0v) is 16.9. The minimum atomic E-state index is -0.155. The number of benzene rings is 1. The largest absolute Gasteiger partial charge is 0.369 e. The van der Waals surface area contributed by atoms with Crippen molar-refractivity contribution in [2.24, 2.45) is 17.3 Å². The van der Waals surface area contributed by atoms with Gasteiger partial charge in [0.25, 0.3) is 0 Å². The SMILES string of the molecule is Cc1ccc(CC(=O)NC[C@H]2[C@H]3CN(C(=O)C4(C)CC4)C[C@]34CC[C@H]2O4)cc1. The Morgan fingerprint density at radius 2 is 1.96 bits per heavy atom. The van der Waals surface area contributed by atoms with E-state index in [1.54, 1.807) is 0 Å². The Labute approximate surface area is 166 Å². The first-order valence-corrected chi connectivity index (χ1v) is 10.7. The summed E-state index contributed by atoms with van der Waals surface area (Å²) in [6.45, 7) is 6.33. The maximum Gasteiger partial charge on any atom is 0.228 e. The third kappa shape index (κ3) is 2.95. The van der Waals surface area contributed by atoms with Crippen molar-refractivity contribution < 1.29 is 14.3 Å². The van der Waals surface area contributed by atoms with Crippen LogP contribution >= 0.6 is 0 Å². The molecule has 1 spiro atoms. The Bertz CT molecular complexity index is 801. The van der Waals surface area contributed by atoms with Crippen molar-refractivity contribution in [2.75, 3.05) is 19.6 Å². The van der Waals surface area contributed by atoms with Crippen LogP contribution in [0.25, 0.3) is 0 Å². The fourth-order valence-corrected chi connectivity index (χ4v) is 5.59. The number of hydrogen-bond donors (Lipinski definition) is 1. The molecule has 4 aliphatic rings. The predicted molar refractivity (Wildman–Crippen MR) is 106 cm³/mol. The average molecular weight is 383 g/mol. The van der Waals surface area contributed by atoms with Gasteiger partial charge in [0.2, 0.25) is 11.8 Å². The molecule has 0 radical (unpaired) electrons. The number of hydrogen-bond acceptors (Lipinski definition) is 3.